The molecule has 2 rings (SSSR count). The molecule has 1 heterocycles. The van der Waals surface area contributed by atoms with Crippen LogP contribution in [0, 0.1) is 6.92 Å². The molecule has 0 amide bonds. The number of hydrogen-bond donors (Lipinski definition) is 1. The number of ether oxygens (including phenoxy) is 1. The van der Waals surface area contributed by atoms with Gasteiger partial charge >= 0.3 is 0 Å². The van der Waals surface area contributed by atoms with Crippen molar-refractivity contribution in [1.82, 2.24) is 5.32 Å². The molecule has 1 aromatic rings. The summed E-state index contributed by atoms with van der Waals surface area (Å²) in [4.78, 5) is 2.49. The van der Waals surface area contributed by atoms with E-state index in [4.69, 9.17) is 4.74 Å². The van der Waals surface area contributed by atoms with Crippen molar-refractivity contribution < 1.29 is 4.74 Å². The molecule has 3 heteroatoms. The zero-order valence-electron chi connectivity index (χ0n) is 11.2. The van der Waals surface area contributed by atoms with Crippen LogP contribution in [0.2, 0.25) is 0 Å². The van der Waals surface area contributed by atoms with Gasteiger partial charge in [0, 0.05) is 36.9 Å². The summed E-state index contributed by atoms with van der Waals surface area (Å²) < 4.78 is 5.33. The third kappa shape index (κ3) is 2.39. The highest BCUT2D eigenvalue weighted by Gasteiger charge is 2.25. The molecule has 0 aromatic heterocycles. The maximum Gasteiger partial charge on any atom is 0.120 e. The summed E-state index contributed by atoms with van der Waals surface area (Å²) >= 11 is 0. The van der Waals surface area contributed by atoms with Crippen molar-refractivity contribution in [1.29, 1.82) is 0 Å². The molecule has 0 spiro atoms. The van der Waals surface area contributed by atoms with Crippen molar-refractivity contribution in [2.24, 2.45) is 0 Å². The second-order valence-corrected chi connectivity index (χ2v) is 4.92. The molecule has 0 bridgehead atoms. The van der Waals surface area contributed by atoms with Crippen molar-refractivity contribution in [3.05, 3.63) is 23.8 Å². The van der Waals surface area contributed by atoms with E-state index in [-0.39, 0.29) is 0 Å². The zero-order chi connectivity index (χ0) is 12.4. The summed E-state index contributed by atoms with van der Waals surface area (Å²) in [5.74, 6) is 0.934. The van der Waals surface area contributed by atoms with Crippen LogP contribution in [0.5, 0.6) is 5.75 Å². The second kappa shape index (κ2) is 4.96. The molecule has 17 heavy (non-hydrogen) atoms. The number of benzene rings is 1. The van der Waals surface area contributed by atoms with E-state index >= 15 is 0 Å². The van der Waals surface area contributed by atoms with Gasteiger partial charge < -0.3 is 15.0 Å². The van der Waals surface area contributed by atoms with Crippen molar-refractivity contribution in [2.75, 3.05) is 25.1 Å². The topological polar surface area (TPSA) is 24.5 Å². The van der Waals surface area contributed by atoms with Crippen LogP contribution >= 0.6 is 0 Å². The Balaban J connectivity index is 2.36. The number of rotatable bonds is 2. The molecular formula is C14H22N2O. The SMILES string of the molecule is COc1ccc(C)c(N2[C@H](C)CNC[C@H]2C)c1. The van der Waals surface area contributed by atoms with Gasteiger partial charge in [-0.3, -0.25) is 0 Å². The molecule has 0 aliphatic carbocycles. The van der Waals surface area contributed by atoms with Crippen LogP contribution in [0.25, 0.3) is 0 Å². The van der Waals surface area contributed by atoms with E-state index in [2.05, 4.69) is 43.1 Å². The van der Waals surface area contributed by atoms with Crippen LogP contribution in [-0.4, -0.2) is 32.3 Å². The third-order valence-corrected chi connectivity index (χ3v) is 3.52. The number of nitrogens with zero attached hydrogens (tertiary/aromatic N) is 1. The van der Waals surface area contributed by atoms with Gasteiger partial charge in [-0.15, -0.1) is 0 Å². The highest BCUT2D eigenvalue weighted by molar-refractivity contribution is 5.58. The molecule has 1 aromatic carbocycles. The molecule has 1 aliphatic rings. The van der Waals surface area contributed by atoms with Gasteiger partial charge in [-0.2, -0.15) is 0 Å². The monoisotopic (exact) mass is 234 g/mol. The van der Waals surface area contributed by atoms with E-state index in [0.717, 1.165) is 18.8 Å². The van der Waals surface area contributed by atoms with Crippen LogP contribution in [0.1, 0.15) is 19.4 Å². The number of anilines is 1. The highest BCUT2D eigenvalue weighted by atomic mass is 16.5. The van der Waals surface area contributed by atoms with Gasteiger partial charge in [-0.1, -0.05) is 6.07 Å². The van der Waals surface area contributed by atoms with Gasteiger partial charge in [-0.05, 0) is 32.4 Å². The Morgan fingerprint density at radius 1 is 1.24 bits per heavy atom. The molecule has 3 nitrogen and oxygen atoms in total. The maximum absolute atomic E-state index is 5.33. The molecular weight excluding hydrogens is 212 g/mol. The summed E-state index contributed by atoms with van der Waals surface area (Å²) in [6.07, 6.45) is 0. The first-order valence-electron chi connectivity index (χ1n) is 6.27. The number of hydrogen-bond acceptors (Lipinski definition) is 3. The van der Waals surface area contributed by atoms with Crippen molar-refractivity contribution in [3.8, 4) is 5.75 Å². The highest BCUT2D eigenvalue weighted by Crippen LogP contribution is 2.29. The minimum Gasteiger partial charge on any atom is -0.497 e. The lowest BCUT2D eigenvalue weighted by Gasteiger charge is -2.42. The lowest BCUT2D eigenvalue weighted by Crippen LogP contribution is -2.55. The quantitative estimate of drug-likeness (QED) is 0.849. The minimum absolute atomic E-state index is 0.518. The summed E-state index contributed by atoms with van der Waals surface area (Å²) in [6.45, 7) is 8.78. The summed E-state index contributed by atoms with van der Waals surface area (Å²) in [5.41, 5.74) is 2.61. The van der Waals surface area contributed by atoms with E-state index in [1.807, 2.05) is 6.07 Å². The molecule has 1 N–H and O–H groups in total. The Labute approximate surface area is 104 Å². The fourth-order valence-corrected chi connectivity index (χ4v) is 2.60. The van der Waals surface area contributed by atoms with Gasteiger partial charge in [0.25, 0.3) is 0 Å². The summed E-state index contributed by atoms with van der Waals surface area (Å²) in [5, 5.41) is 3.46. The summed E-state index contributed by atoms with van der Waals surface area (Å²) in [6, 6.07) is 7.34. The lowest BCUT2D eigenvalue weighted by molar-refractivity contribution is 0.411. The normalized spacial score (nSPS) is 24.8. The smallest absolute Gasteiger partial charge is 0.120 e. The molecule has 2 atom stereocenters. The largest absolute Gasteiger partial charge is 0.497 e. The van der Waals surface area contributed by atoms with Crippen LogP contribution < -0.4 is 15.0 Å². The van der Waals surface area contributed by atoms with Crippen LogP contribution in [0.15, 0.2) is 18.2 Å². The zero-order valence-corrected chi connectivity index (χ0v) is 11.2. The van der Waals surface area contributed by atoms with Gasteiger partial charge in [0.15, 0.2) is 0 Å². The van der Waals surface area contributed by atoms with Crippen molar-refractivity contribution in [3.63, 3.8) is 0 Å². The average molecular weight is 234 g/mol. The van der Waals surface area contributed by atoms with Gasteiger partial charge in [0.1, 0.15) is 5.75 Å². The van der Waals surface area contributed by atoms with Crippen molar-refractivity contribution >= 4 is 5.69 Å². The first-order chi connectivity index (χ1) is 8.13. The summed E-state index contributed by atoms with van der Waals surface area (Å²) in [7, 11) is 1.72. The number of methoxy groups -OCH3 is 1. The lowest BCUT2D eigenvalue weighted by atomic mass is 10.1. The average Bonchev–Trinajstić information content (AvgIpc) is 2.31. The molecule has 0 radical (unpaired) electrons. The van der Waals surface area contributed by atoms with Crippen molar-refractivity contribution in [2.45, 2.75) is 32.9 Å². The molecule has 1 aliphatic heterocycles. The Hall–Kier alpha value is -1.22. The number of nitrogens with one attached hydrogen (secondary N) is 1. The van der Waals surface area contributed by atoms with Crippen LogP contribution in [0.4, 0.5) is 5.69 Å². The third-order valence-electron chi connectivity index (χ3n) is 3.52. The van der Waals surface area contributed by atoms with E-state index in [9.17, 15) is 0 Å². The fourth-order valence-electron chi connectivity index (χ4n) is 2.60. The Bertz CT molecular complexity index is 382. The van der Waals surface area contributed by atoms with E-state index in [0.29, 0.717) is 12.1 Å². The first kappa shape index (κ1) is 12.2. The van der Waals surface area contributed by atoms with Gasteiger partial charge in [0.2, 0.25) is 0 Å². The predicted octanol–water partition coefficient (Wildman–Crippen LogP) is 2.19. The molecule has 1 saturated heterocycles. The Morgan fingerprint density at radius 2 is 1.88 bits per heavy atom. The standard InChI is InChI=1S/C14H22N2O/c1-10-5-6-13(17-4)7-14(10)16-11(2)8-15-9-12(16)3/h5-7,11-12,15H,8-9H2,1-4H3/t11-,12-/m1/s1. The maximum atomic E-state index is 5.33. The van der Waals surface area contributed by atoms with E-state index in [1.165, 1.54) is 11.3 Å². The van der Waals surface area contributed by atoms with E-state index in [1.54, 1.807) is 7.11 Å². The molecule has 94 valence electrons. The van der Waals surface area contributed by atoms with Crippen LogP contribution in [0.3, 0.4) is 0 Å². The Morgan fingerprint density at radius 3 is 2.47 bits per heavy atom. The van der Waals surface area contributed by atoms with Gasteiger partial charge in [0.05, 0.1) is 7.11 Å². The molecule has 0 saturated carbocycles. The minimum atomic E-state index is 0.518. The fraction of sp³-hybridized carbons (Fsp3) is 0.571. The number of piperazine rings is 1. The molecule has 0 unspecified atom stereocenters. The second-order valence-electron chi connectivity index (χ2n) is 4.92. The predicted molar refractivity (Wildman–Crippen MR) is 72.0 cm³/mol. The first-order valence-corrected chi connectivity index (χ1v) is 6.27. The van der Waals surface area contributed by atoms with Crippen LogP contribution in [-0.2, 0) is 0 Å². The Kier molecular flexibility index (Phi) is 3.57. The van der Waals surface area contributed by atoms with E-state index < -0.39 is 0 Å². The van der Waals surface area contributed by atoms with Gasteiger partial charge in [-0.25, -0.2) is 0 Å². The molecule has 1 fully saturated rings. The number of aryl methyl sites for hydroxylation is 1.